The second kappa shape index (κ2) is 23.3. The van der Waals surface area contributed by atoms with Crippen LogP contribution in [-0.2, 0) is 55.6 Å². The van der Waals surface area contributed by atoms with Crippen molar-refractivity contribution in [3.8, 4) is 73.1 Å². The summed E-state index contributed by atoms with van der Waals surface area (Å²) in [4.78, 5) is 0. The first-order valence-electron chi connectivity index (χ1n) is 28.3. The minimum atomic E-state index is -5.42. The first-order chi connectivity index (χ1) is 46.1. The van der Waals surface area contributed by atoms with Crippen LogP contribution in [0, 0.1) is 11.3 Å². The van der Waals surface area contributed by atoms with Crippen molar-refractivity contribution in [2.45, 2.75) is 55.6 Å². The summed E-state index contributed by atoms with van der Waals surface area (Å²) in [7, 11) is 0. The van der Waals surface area contributed by atoms with Crippen molar-refractivity contribution in [2.75, 3.05) is 0 Å². The van der Waals surface area contributed by atoms with Crippen molar-refractivity contribution in [1.29, 1.82) is 5.26 Å². The van der Waals surface area contributed by atoms with E-state index in [0.29, 0.717) is 60.7 Å². The van der Waals surface area contributed by atoms with Gasteiger partial charge in [-0.3, -0.25) is 0 Å². The van der Waals surface area contributed by atoms with Crippen molar-refractivity contribution >= 4 is 43.6 Å². The molecule has 0 atom stereocenters. The number of hydrogen-bond acceptors (Lipinski definition) is 1. The number of hydrogen-bond donors (Lipinski definition) is 0. The highest BCUT2D eigenvalue weighted by atomic mass is 19.4. The smallest absolute Gasteiger partial charge is 0.309 e. The zero-order chi connectivity index (χ0) is 72.9. The van der Waals surface area contributed by atoms with Gasteiger partial charge in [0.2, 0.25) is 0 Å². The molecule has 0 radical (unpaired) electrons. The van der Waals surface area contributed by atoms with Crippen LogP contribution in [0.1, 0.15) is 55.6 Å². The van der Waals surface area contributed by atoms with Crippen molar-refractivity contribution in [2.24, 2.45) is 0 Å². The maximum Gasteiger partial charge on any atom is 0.416 e. The van der Waals surface area contributed by atoms with E-state index in [0.717, 1.165) is 106 Å². The molecule has 0 aliphatic heterocycles. The summed E-state index contributed by atoms with van der Waals surface area (Å²) in [5, 5.41) is 9.34. The summed E-state index contributed by atoms with van der Waals surface area (Å²) in [5.41, 5.74) is -23.8. The molecule has 10 aromatic carbocycles. The van der Waals surface area contributed by atoms with Crippen LogP contribution in [0.15, 0.2) is 182 Å². The van der Waals surface area contributed by atoms with Gasteiger partial charge < -0.3 is 9.13 Å². The summed E-state index contributed by atoms with van der Waals surface area (Å²) in [6, 6.07) is 20.7. The third-order valence-corrected chi connectivity index (χ3v) is 16.4. The molecule has 0 aliphatic rings. The quantitative estimate of drug-likeness (QED) is 0.146. The Hall–Kier alpha value is -10.6. The van der Waals surface area contributed by atoms with E-state index in [2.05, 4.69) is 0 Å². The maximum atomic E-state index is 15.3. The van der Waals surface area contributed by atoms with Gasteiger partial charge in [-0.1, -0.05) is 30.3 Å². The molecule has 0 spiro atoms. The molecule has 0 saturated heterocycles. The van der Waals surface area contributed by atoms with E-state index in [1.54, 1.807) is 0 Å². The topological polar surface area (TPSA) is 33.6 Å². The highest BCUT2D eigenvalue weighted by Crippen LogP contribution is 2.50. The number of rotatable bonds is 7. The van der Waals surface area contributed by atoms with Crippen LogP contribution in [0.4, 0.5) is 119 Å². The molecule has 2 aromatic heterocycles. The van der Waals surface area contributed by atoms with Gasteiger partial charge >= 0.3 is 55.6 Å². The lowest BCUT2D eigenvalue weighted by atomic mass is 9.96. The van der Waals surface area contributed by atoms with Crippen molar-refractivity contribution in [3.63, 3.8) is 0 Å². The lowest BCUT2D eigenvalue weighted by Crippen LogP contribution is -2.11. The molecule has 0 N–H and O–H groups in total. The second-order valence-electron chi connectivity index (χ2n) is 22.9. The number of nitriles is 1. The van der Waals surface area contributed by atoms with Gasteiger partial charge in [0.05, 0.1) is 95.1 Å². The van der Waals surface area contributed by atoms with Crippen molar-refractivity contribution in [1.82, 2.24) is 9.13 Å². The van der Waals surface area contributed by atoms with E-state index in [9.17, 15) is 111 Å². The summed E-state index contributed by atoms with van der Waals surface area (Å²) in [6.07, 6.45) is -48.7. The molecule has 0 unspecified atom stereocenters. The number of nitrogens with zero attached hydrogens (tertiary/aromatic N) is 3. The van der Waals surface area contributed by atoms with E-state index in [1.807, 2.05) is 6.07 Å². The summed E-state index contributed by atoms with van der Waals surface area (Å²) < 4.78 is 392. The predicted molar refractivity (Wildman–Crippen MR) is 312 cm³/mol. The first kappa shape index (κ1) is 69.3. The molecular formula is C70H30F27N3. The number of alkyl halides is 27. The number of halogens is 27. The maximum absolute atomic E-state index is 15.3. The van der Waals surface area contributed by atoms with Crippen LogP contribution in [-0.4, -0.2) is 9.13 Å². The predicted octanol–water partition coefficient (Wildman–Crippen LogP) is 25.3. The van der Waals surface area contributed by atoms with Gasteiger partial charge in [-0.25, -0.2) is 0 Å². The van der Waals surface area contributed by atoms with Gasteiger partial charge in [-0.15, -0.1) is 0 Å². The highest BCUT2D eigenvalue weighted by molar-refractivity contribution is 6.14. The minimum absolute atomic E-state index is 0.197. The van der Waals surface area contributed by atoms with Crippen LogP contribution < -0.4 is 0 Å². The molecule has 12 rings (SSSR count). The second-order valence-corrected chi connectivity index (χ2v) is 22.9. The van der Waals surface area contributed by atoms with E-state index in [-0.39, 0.29) is 84.7 Å². The van der Waals surface area contributed by atoms with Gasteiger partial charge in [0.1, 0.15) is 0 Å². The van der Waals surface area contributed by atoms with Crippen LogP contribution in [0.5, 0.6) is 0 Å². The first-order valence-corrected chi connectivity index (χ1v) is 28.3. The average Bonchev–Trinajstić information content (AvgIpc) is 1.56. The van der Waals surface area contributed by atoms with Gasteiger partial charge in [-0.05, 0) is 196 Å². The van der Waals surface area contributed by atoms with Crippen LogP contribution in [0.2, 0.25) is 0 Å². The third-order valence-electron chi connectivity index (χ3n) is 16.4. The van der Waals surface area contributed by atoms with E-state index in [4.69, 9.17) is 0 Å². The fourth-order valence-corrected chi connectivity index (χ4v) is 11.9. The summed E-state index contributed by atoms with van der Waals surface area (Å²) in [6.45, 7) is 0. The van der Waals surface area contributed by atoms with Crippen LogP contribution in [0.25, 0.3) is 111 Å². The standard InChI is InChI=1S/C70H30F27N3/c71-62(72,73)41-6-12-60(99-56-8-2-33(37-14-42(63(74,75)76)26-43(15-37)64(77,78)79)22-51(56)52-23-34(3-9-57(52)99)38-16-44(65(80,81)82)27-45(17-38)66(83,84)85)55(30-41)50-7-1-32(31-98)13-61(50)100-58-10-4-35(39-18-46(67(86,87)88)28-47(19-39)68(89,90)91)24-53(58)54-25-36(5-11-59(54)100)40-20-48(69(92,93)94)29-49(21-40)70(95,96)97/h1-30H. The molecule has 100 heavy (non-hydrogen) atoms. The monoisotopic (exact) mass is 1430 g/mol. The third kappa shape index (κ3) is 13.1. The average molecular weight is 1430 g/mol. The Morgan fingerprint density at radius 1 is 0.210 bits per heavy atom. The number of benzene rings is 10. The summed E-state index contributed by atoms with van der Waals surface area (Å²) in [5.74, 6) is 0. The molecule has 514 valence electrons. The molecule has 0 saturated carbocycles. The van der Waals surface area contributed by atoms with Crippen LogP contribution >= 0.6 is 0 Å². The number of aromatic nitrogens is 2. The highest BCUT2D eigenvalue weighted by Gasteiger charge is 2.42. The Bertz CT molecular complexity index is 4970. The normalized spacial score (nSPS) is 13.3. The summed E-state index contributed by atoms with van der Waals surface area (Å²) >= 11 is 0. The fraction of sp³-hybridized carbons (Fsp3) is 0.129. The van der Waals surface area contributed by atoms with Crippen LogP contribution in [0.3, 0.4) is 0 Å². The molecule has 0 amide bonds. The molecule has 0 bridgehead atoms. The molecule has 3 nitrogen and oxygen atoms in total. The lowest BCUT2D eigenvalue weighted by molar-refractivity contribution is -0.144. The van der Waals surface area contributed by atoms with Gasteiger partial charge in [-0.2, -0.15) is 124 Å². The molecular weight excluding hydrogens is 1400 g/mol. The Kier molecular flexibility index (Phi) is 16.1. The molecule has 0 fully saturated rings. The SMILES string of the molecule is N#Cc1ccc(-c2cc(C(F)(F)F)ccc2-n2c3ccc(-c4cc(C(F)(F)F)cc(C(F)(F)F)c4)cc3c3cc(-c4cc(C(F)(F)F)cc(C(F)(F)F)c4)ccc32)c(-n2c3ccc(-c4cc(C(F)(F)F)cc(C(F)(F)F)c4)cc3c3cc(-c4cc(C(F)(F)F)cc(C(F)(F)F)c4)ccc32)c1. The van der Waals surface area contributed by atoms with Gasteiger partial charge in [0, 0.05) is 32.7 Å². The fourth-order valence-electron chi connectivity index (χ4n) is 11.9. The molecule has 2 heterocycles. The Morgan fingerprint density at radius 2 is 0.460 bits per heavy atom. The van der Waals surface area contributed by atoms with E-state index >= 15 is 13.2 Å². The molecule has 12 aromatic rings. The lowest BCUT2D eigenvalue weighted by Gasteiger charge is -2.21. The van der Waals surface area contributed by atoms with E-state index in [1.165, 1.54) is 0 Å². The largest absolute Gasteiger partial charge is 0.416 e. The van der Waals surface area contributed by atoms with Crippen molar-refractivity contribution < 1.29 is 119 Å². The zero-order valence-electron chi connectivity index (χ0n) is 48.9. The van der Waals surface area contributed by atoms with Gasteiger partial charge in [0.25, 0.3) is 0 Å². The Labute approximate surface area is 541 Å². The minimum Gasteiger partial charge on any atom is -0.309 e. The number of fused-ring (bicyclic) bond motifs is 6. The Balaban J connectivity index is 1.18. The molecule has 0 aliphatic carbocycles. The zero-order valence-corrected chi connectivity index (χ0v) is 48.9. The van der Waals surface area contributed by atoms with Crippen molar-refractivity contribution in [3.05, 3.63) is 238 Å². The molecule has 30 heteroatoms. The Morgan fingerprint density at radius 3 is 0.700 bits per heavy atom. The van der Waals surface area contributed by atoms with E-state index < -0.39 is 161 Å². The van der Waals surface area contributed by atoms with Gasteiger partial charge in [0.15, 0.2) is 0 Å².